The average molecular weight is 274 g/mol. The van der Waals surface area contributed by atoms with Crippen LogP contribution in [0.25, 0.3) is 0 Å². The quantitative estimate of drug-likeness (QED) is 0.768. The highest BCUT2D eigenvalue weighted by molar-refractivity contribution is 7.89. The highest BCUT2D eigenvalue weighted by Gasteiger charge is 2.20. The van der Waals surface area contributed by atoms with E-state index < -0.39 is 10.0 Å². The lowest BCUT2D eigenvalue weighted by Crippen LogP contribution is -2.41. The van der Waals surface area contributed by atoms with Gasteiger partial charge in [-0.3, -0.25) is 0 Å². The minimum atomic E-state index is -3.50. The van der Waals surface area contributed by atoms with Gasteiger partial charge >= 0.3 is 0 Å². The summed E-state index contributed by atoms with van der Waals surface area (Å²) in [6, 6.07) is -0.140. The Balaban J connectivity index is 2.66. The van der Waals surface area contributed by atoms with Crippen molar-refractivity contribution < 1.29 is 8.42 Å². The van der Waals surface area contributed by atoms with Crippen molar-refractivity contribution in [2.24, 2.45) is 0 Å². The number of hydrogen-bond acceptors (Lipinski definition) is 4. The van der Waals surface area contributed by atoms with Crippen LogP contribution in [-0.4, -0.2) is 49.0 Å². The molecule has 0 saturated heterocycles. The van der Waals surface area contributed by atoms with Gasteiger partial charge in [0.05, 0.1) is 6.20 Å². The smallest absolute Gasteiger partial charge is 0.257 e. The van der Waals surface area contributed by atoms with E-state index in [1.807, 2.05) is 6.92 Å². The third-order valence-electron chi connectivity index (χ3n) is 2.75. The van der Waals surface area contributed by atoms with Crippen LogP contribution in [0, 0.1) is 6.92 Å². The van der Waals surface area contributed by atoms with Gasteiger partial charge in [0.2, 0.25) is 0 Å². The molecule has 0 saturated carbocycles. The highest BCUT2D eigenvalue weighted by atomic mass is 32.2. The summed E-state index contributed by atoms with van der Waals surface area (Å²) in [6.07, 6.45) is 1.34. The lowest BCUT2D eigenvalue weighted by molar-refractivity contribution is 0.282. The first-order valence-corrected chi connectivity index (χ1v) is 7.63. The SMILES string of the molecule is CCN(CC)CC(C)NS(=O)(=O)c1cnc(C)[nH]1. The van der Waals surface area contributed by atoms with Crippen molar-refractivity contribution in [3.05, 3.63) is 12.0 Å². The molecule has 1 aromatic heterocycles. The molecule has 6 nitrogen and oxygen atoms in total. The number of H-pyrrole nitrogens is 1. The largest absolute Gasteiger partial charge is 0.332 e. The van der Waals surface area contributed by atoms with Crippen molar-refractivity contribution in [1.29, 1.82) is 0 Å². The molecule has 1 rings (SSSR count). The predicted molar refractivity (Wildman–Crippen MR) is 70.9 cm³/mol. The van der Waals surface area contributed by atoms with Crippen LogP contribution in [0.15, 0.2) is 11.2 Å². The number of nitrogens with zero attached hydrogens (tertiary/aromatic N) is 2. The molecule has 1 unspecified atom stereocenters. The molecular weight excluding hydrogens is 252 g/mol. The number of rotatable bonds is 7. The number of aryl methyl sites for hydroxylation is 1. The molecule has 2 N–H and O–H groups in total. The highest BCUT2D eigenvalue weighted by Crippen LogP contribution is 2.06. The fourth-order valence-corrected chi connectivity index (χ4v) is 2.97. The normalized spacial score (nSPS) is 14.1. The van der Waals surface area contributed by atoms with E-state index in [1.54, 1.807) is 6.92 Å². The van der Waals surface area contributed by atoms with Crippen molar-refractivity contribution >= 4 is 10.0 Å². The number of likely N-dealkylation sites (N-methyl/N-ethyl adjacent to an activating group) is 1. The fraction of sp³-hybridized carbons (Fsp3) is 0.727. The number of nitrogens with one attached hydrogen (secondary N) is 2. The topological polar surface area (TPSA) is 78.1 Å². The first kappa shape index (κ1) is 15.1. The van der Waals surface area contributed by atoms with Gasteiger partial charge in [0.15, 0.2) is 5.03 Å². The summed E-state index contributed by atoms with van der Waals surface area (Å²) in [7, 11) is -3.50. The van der Waals surface area contributed by atoms with Crippen LogP contribution in [0.4, 0.5) is 0 Å². The van der Waals surface area contributed by atoms with E-state index in [1.165, 1.54) is 6.20 Å². The molecule has 0 bridgehead atoms. The van der Waals surface area contributed by atoms with Crippen molar-refractivity contribution in [3.8, 4) is 0 Å². The Morgan fingerprint density at radius 3 is 2.50 bits per heavy atom. The van der Waals surface area contributed by atoms with E-state index >= 15 is 0 Å². The van der Waals surface area contributed by atoms with E-state index in [9.17, 15) is 8.42 Å². The van der Waals surface area contributed by atoms with Crippen LogP contribution < -0.4 is 4.72 Å². The van der Waals surface area contributed by atoms with E-state index in [2.05, 4.69) is 33.4 Å². The number of aromatic nitrogens is 2. The first-order valence-electron chi connectivity index (χ1n) is 6.15. The lowest BCUT2D eigenvalue weighted by atomic mass is 10.3. The maximum Gasteiger partial charge on any atom is 0.257 e. The Morgan fingerprint density at radius 2 is 2.06 bits per heavy atom. The molecule has 0 aromatic carbocycles. The molecule has 0 aliphatic carbocycles. The molecule has 0 spiro atoms. The summed E-state index contributed by atoms with van der Waals surface area (Å²) < 4.78 is 26.7. The summed E-state index contributed by atoms with van der Waals surface area (Å²) in [5.74, 6) is 0.590. The second kappa shape index (κ2) is 6.31. The van der Waals surface area contributed by atoms with Crippen molar-refractivity contribution in [1.82, 2.24) is 19.6 Å². The molecule has 18 heavy (non-hydrogen) atoms. The Kier molecular flexibility index (Phi) is 5.30. The van der Waals surface area contributed by atoms with Gasteiger partial charge in [-0.25, -0.2) is 18.1 Å². The third kappa shape index (κ3) is 4.08. The Bertz CT molecular complexity index is 465. The van der Waals surface area contributed by atoms with Gasteiger partial charge in [-0.15, -0.1) is 0 Å². The second-order valence-corrected chi connectivity index (χ2v) is 6.02. The van der Waals surface area contributed by atoms with Gasteiger partial charge in [-0.1, -0.05) is 13.8 Å². The minimum absolute atomic E-state index is 0.117. The lowest BCUT2D eigenvalue weighted by Gasteiger charge is -2.22. The number of sulfonamides is 1. The second-order valence-electron chi connectivity index (χ2n) is 4.34. The van der Waals surface area contributed by atoms with E-state index in [0.29, 0.717) is 12.4 Å². The number of aromatic amines is 1. The van der Waals surface area contributed by atoms with Gasteiger partial charge in [0.1, 0.15) is 5.82 Å². The molecule has 0 fully saturated rings. The molecule has 7 heteroatoms. The number of imidazole rings is 1. The van der Waals surface area contributed by atoms with Crippen molar-refractivity contribution in [3.63, 3.8) is 0 Å². The minimum Gasteiger partial charge on any atom is -0.332 e. The van der Waals surface area contributed by atoms with E-state index in [-0.39, 0.29) is 11.1 Å². The predicted octanol–water partition coefficient (Wildman–Crippen LogP) is 0.727. The van der Waals surface area contributed by atoms with Gasteiger partial charge in [-0.2, -0.15) is 0 Å². The van der Waals surface area contributed by atoms with Gasteiger partial charge in [0, 0.05) is 12.6 Å². The molecule has 0 radical (unpaired) electrons. The Hall–Kier alpha value is -0.920. The monoisotopic (exact) mass is 274 g/mol. The van der Waals surface area contributed by atoms with Crippen LogP contribution in [0.1, 0.15) is 26.6 Å². The zero-order valence-corrected chi connectivity index (χ0v) is 12.2. The van der Waals surface area contributed by atoms with Crippen LogP contribution in [0.3, 0.4) is 0 Å². The average Bonchev–Trinajstić information content (AvgIpc) is 2.73. The van der Waals surface area contributed by atoms with Gasteiger partial charge in [-0.05, 0) is 26.9 Å². The molecular formula is C11H22N4O2S. The molecule has 1 atom stereocenters. The van der Waals surface area contributed by atoms with Crippen LogP contribution in [0.5, 0.6) is 0 Å². The maximum absolute atomic E-state index is 12.0. The molecule has 0 amide bonds. The standard InChI is InChI=1S/C11H22N4O2S/c1-5-15(6-2)8-9(3)14-18(16,17)11-7-12-10(4)13-11/h7,9,14H,5-6,8H2,1-4H3,(H,12,13). The van der Waals surface area contributed by atoms with Crippen molar-refractivity contribution in [2.45, 2.75) is 38.8 Å². The molecule has 0 aliphatic rings. The summed E-state index contributed by atoms with van der Waals surface area (Å²) >= 11 is 0. The Morgan fingerprint density at radius 1 is 1.44 bits per heavy atom. The molecule has 1 heterocycles. The maximum atomic E-state index is 12.0. The van der Waals surface area contributed by atoms with Crippen molar-refractivity contribution in [2.75, 3.05) is 19.6 Å². The fourth-order valence-electron chi connectivity index (χ4n) is 1.77. The van der Waals surface area contributed by atoms with Gasteiger partial charge < -0.3 is 9.88 Å². The molecule has 1 aromatic rings. The van der Waals surface area contributed by atoms with E-state index in [0.717, 1.165) is 13.1 Å². The third-order valence-corrected chi connectivity index (χ3v) is 4.25. The van der Waals surface area contributed by atoms with Crippen LogP contribution >= 0.6 is 0 Å². The molecule has 0 aliphatic heterocycles. The van der Waals surface area contributed by atoms with Crippen LogP contribution in [-0.2, 0) is 10.0 Å². The zero-order valence-electron chi connectivity index (χ0n) is 11.4. The zero-order chi connectivity index (χ0) is 13.8. The summed E-state index contributed by atoms with van der Waals surface area (Å²) in [6.45, 7) is 10.2. The summed E-state index contributed by atoms with van der Waals surface area (Å²) in [5.41, 5.74) is 0. The Labute approximate surface area is 109 Å². The summed E-state index contributed by atoms with van der Waals surface area (Å²) in [5, 5.41) is 0.117. The van der Waals surface area contributed by atoms with Gasteiger partial charge in [0.25, 0.3) is 10.0 Å². The number of hydrogen-bond donors (Lipinski definition) is 2. The first-order chi connectivity index (χ1) is 8.39. The summed E-state index contributed by atoms with van der Waals surface area (Å²) in [4.78, 5) is 8.80. The molecule has 104 valence electrons. The van der Waals surface area contributed by atoms with Crippen LogP contribution in [0.2, 0.25) is 0 Å². The van der Waals surface area contributed by atoms with E-state index in [4.69, 9.17) is 0 Å².